The molecule has 2 aromatic carbocycles. The second-order valence-corrected chi connectivity index (χ2v) is 11.8. The minimum Gasteiger partial charge on any atom is -0.445 e. The Morgan fingerprint density at radius 3 is 2.44 bits per heavy atom. The number of imide groups is 2. The third kappa shape index (κ3) is 5.07. The average molecular weight is 559 g/mol. The van der Waals surface area contributed by atoms with Crippen molar-refractivity contribution < 1.29 is 28.7 Å². The number of ether oxygens (including phenoxy) is 1. The molecule has 1 atom stereocenters. The van der Waals surface area contributed by atoms with Gasteiger partial charge in [-0.25, -0.2) is 4.79 Å². The summed E-state index contributed by atoms with van der Waals surface area (Å²) >= 11 is 0. The second-order valence-electron chi connectivity index (χ2n) is 11.8. The maximum atomic E-state index is 13.4. The van der Waals surface area contributed by atoms with E-state index < -0.39 is 29.7 Å². The molecule has 2 aromatic rings. The van der Waals surface area contributed by atoms with Gasteiger partial charge >= 0.3 is 6.09 Å². The molecule has 10 heteroatoms. The van der Waals surface area contributed by atoms with Crippen LogP contribution in [0.2, 0.25) is 0 Å². The molecule has 2 heterocycles. The Balaban J connectivity index is 1.03. The van der Waals surface area contributed by atoms with Crippen LogP contribution in [0, 0.1) is 5.41 Å². The van der Waals surface area contributed by atoms with Crippen molar-refractivity contribution in [1.82, 2.24) is 15.1 Å². The lowest BCUT2D eigenvalue weighted by Crippen LogP contribution is -2.54. The van der Waals surface area contributed by atoms with Crippen LogP contribution in [0.4, 0.5) is 10.5 Å². The topological polar surface area (TPSA) is 125 Å². The van der Waals surface area contributed by atoms with E-state index in [9.17, 15) is 24.0 Å². The van der Waals surface area contributed by atoms with E-state index in [1.165, 1.54) is 0 Å². The molecular weight excluding hydrogens is 524 g/mol. The molecule has 41 heavy (non-hydrogen) atoms. The van der Waals surface area contributed by atoms with Crippen LogP contribution in [0.1, 0.15) is 77.6 Å². The normalized spacial score (nSPS) is 27.2. The molecule has 5 amide bonds. The quantitative estimate of drug-likeness (QED) is 0.516. The molecule has 2 aliphatic heterocycles. The largest absolute Gasteiger partial charge is 0.445 e. The van der Waals surface area contributed by atoms with E-state index in [1.807, 2.05) is 37.4 Å². The van der Waals surface area contributed by atoms with Crippen molar-refractivity contribution in [3.8, 4) is 0 Å². The summed E-state index contributed by atoms with van der Waals surface area (Å²) in [5.41, 5.74) is 2.34. The van der Waals surface area contributed by atoms with Gasteiger partial charge in [0.05, 0.1) is 11.1 Å². The van der Waals surface area contributed by atoms with Gasteiger partial charge in [-0.05, 0) is 68.1 Å². The maximum absolute atomic E-state index is 13.4. The first-order chi connectivity index (χ1) is 19.7. The van der Waals surface area contributed by atoms with Crippen LogP contribution in [-0.2, 0) is 20.9 Å². The standard InChI is InChI=1S/C31H34N4O6/c1-34(30(40)41-18-19-6-3-2-4-7-19)21-12-14-31(15-13-21)16-20(17-31)32-23-9-5-8-22-26(23)29(39)35(28(22)38)24-10-11-25(36)33-27(24)37/h2-9,20-21,24,32H,10-18H2,1H3,(H,33,36,37). The first-order valence-electron chi connectivity index (χ1n) is 14.3. The number of carbonyl (C=O) groups excluding carboxylic acids is 5. The molecule has 0 bridgehead atoms. The predicted octanol–water partition coefficient (Wildman–Crippen LogP) is 3.86. The van der Waals surface area contributed by atoms with Gasteiger partial charge in [-0.3, -0.25) is 29.4 Å². The first-order valence-corrected chi connectivity index (χ1v) is 14.3. The summed E-state index contributed by atoms with van der Waals surface area (Å²) in [4.78, 5) is 65.8. The van der Waals surface area contributed by atoms with Crippen molar-refractivity contribution in [2.45, 2.75) is 76.1 Å². The smallest absolute Gasteiger partial charge is 0.410 e. The number of carbonyl (C=O) groups is 5. The number of anilines is 1. The number of rotatable bonds is 6. The number of fused-ring (bicyclic) bond motifs is 1. The molecule has 0 radical (unpaired) electrons. The second kappa shape index (κ2) is 10.6. The highest BCUT2D eigenvalue weighted by Crippen LogP contribution is 2.53. The summed E-state index contributed by atoms with van der Waals surface area (Å²) in [6.07, 6.45) is 5.67. The van der Waals surface area contributed by atoms with Crippen LogP contribution >= 0.6 is 0 Å². The zero-order chi connectivity index (χ0) is 28.7. The van der Waals surface area contributed by atoms with Gasteiger partial charge in [-0.1, -0.05) is 36.4 Å². The fourth-order valence-corrected chi connectivity index (χ4v) is 6.92. The average Bonchev–Trinajstić information content (AvgIpc) is 3.21. The molecule has 3 fully saturated rings. The van der Waals surface area contributed by atoms with Crippen LogP contribution in [0.3, 0.4) is 0 Å². The molecule has 6 rings (SSSR count). The summed E-state index contributed by atoms with van der Waals surface area (Å²) in [5.74, 6) is -2.01. The van der Waals surface area contributed by atoms with Crippen molar-refractivity contribution in [2.75, 3.05) is 12.4 Å². The zero-order valence-corrected chi connectivity index (χ0v) is 23.1. The molecule has 2 aliphatic carbocycles. The van der Waals surface area contributed by atoms with Crippen LogP contribution in [-0.4, -0.2) is 64.7 Å². The van der Waals surface area contributed by atoms with Crippen LogP contribution in [0.5, 0.6) is 0 Å². The van der Waals surface area contributed by atoms with E-state index in [0.717, 1.165) is 49.0 Å². The van der Waals surface area contributed by atoms with Gasteiger partial charge < -0.3 is 15.0 Å². The Hall–Kier alpha value is -4.21. The highest BCUT2D eigenvalue weighted by atomic mass is 16.6. The Morgan fingerprint density at radius 1 is 1.00 bits per heavy atom. The van der Waals surface area contributed by atoms with E-state index in [4.69, 9.17) is 4.74 Å². The molecule has 1 saturated heterocycles. The minimum atomic E-state index is -0.983. The fraction of sp³-hybridized carbons (Fsp3) is 0.452. The SMILES string of the molecule is CN(C(=O)OCc1ccccc1)C1CCC2(CC1)CC(Nc1cccc3c1C(=O)N(C1CCC(=O)NC1=O)C3=O)C2. The number of nitrogens with one attached hydrogen (secondary N) is 2. The van der Waals surface area contributed by atoms with E-state index in [-0.39, 0.29) is 48.6 Å². The van der Waals surface area contributed by atoms with Gasteiger partial charge in [0.15, 0.2) is 0 Å². The Labute approximate surface area is 238 Å². The molecule has 10 nitrogen and oxygen atoms in total. The lowest BCUT2D eigenvalue weighted by atomic mass is 9.57. The highest BCUT2D eigenvalue weighted by molar-refractivity contribution is 6.25. The Bertz CT molecular complexity index is 1390. The summed E-state index contributed by atoms with van der Waals surface area (Å²) < 4.78 is 5.51. The van der Waals surface area contributed by atoms with Crippen LogP contribution < -0.4 is 10.6 Å². The fourth-order valence-electron chi connectivity index (χ4n) is 6.92. The van der Waals surface area contributed by atoms with Gasteiger partial charge in [0.1, 0.15) is 12.6 Å². The first kappa shape index (κ1) is 27.0. The Morgan fingerprint density at radius 2 is 1.73 bits per heavy atom. The number of nitrogens with zero attached hydrogens (tertiary/aromatic N) is 2. The molecular formula is C31H34N4O6. The van der Waals surface area contributed by atoms with Crippen molar-refractivity contribution >= 4 is 35.4 Å². The van der Waals surface area contributed by atoms with E-state index in [1.54, 1.807) is 23.1 Å². The van der Waals surface area contributed by atoms with Crippen molar-refractivity contribution in [3.63, 3.8) is 0 Å². The summed E-state index contributed by atoms with van der Waals surface area (Å²) in [6.45, 7) is 0.261. The number of hydrogen-bond donors (Lipinski definition) is 2. The van der Waals surface area contributed by atoms with Gasteiger partial charge in [0.25, 0.3) is 11.8 Å². The molecule has 214 valence electrons. The predicted molar refractivity (Wildman–Crippen MR) is 149 cm³/mol. The molecule has 0 aromatic heterocycles. The third-order valence-corrected chi connectivity index (χ3v) is 9.24. The van der Waals surface area contributed by atoms with Gasteiger partial charge in [-0.15, -0.1) is 0 Å². The maximum Gasteiger partial charge on any atom is 0.410 e. The monoisotopic (exact) mass is 558 g/mol. The number of benzene rings is 2. The molecule has 1 unspecified atom stereocenters. The highest BCUT2D eigenvalue weighted by Gasteiger charge is 2.49. The summed E-state index contributed by atoms with van der Waals surface area (Å²) in [7, 11) is 1.81. The van der Waals surface area contributed by atoms with Crippen molar-refractivity contribution in [1.29, 1.82) is 0 Å². The van der Waals surface area contributed by atoms with Crippen molar-refractivity contribution in [2.24, 2.45) is 5.41 Å². The van der Waals surface area contributed by atoms with Crippen LogP contribution in [0.25, 0.3) is 0 Å². The molecule has 2 N–H and O–H groups in total. The number of piperidine rings is 1. The van der Waals surface area contributed by atoms with Crippen molar-refractivity contribution in [3.05, 3.63) is 65.2 Å². The Kier molecular flexibility index (Phi) is 7.01. The van der Waals surface area contributed by atoms with Crippen LogP contribution in [0.15, 0.2) is 48.5 Å². The van der Waals surface area contributed by atoms with Gasteiger partial charge in [0.2, 0.25) is 11.8 Å². The van der Waals surface area contributed by atoms with E-state index in [0.29, 0.717) is 11.3 Å². The molecule has 2 saturated carbocycles. The van der Waals surface area contributed by atoms with Gasteiger partial charge in [-0.2, -0.15) is 0 Å². The third-order valence-electron chi connectivity index (χ3n) is 9.24. The summed E-state index contributed by atoms with van der Waals surface area (Å²) in [6, 6.07) is 14.1. The summed E-state index contributed by atoms with van der Waals surface area (Å²) in [5, 5.41) is 5.72. The minimum absolute atomic E-state index is 0.0879. The zero-order valence-electron chi connectivity index (χ0n) is 23.1. The number of hydrogen-bond acceptors (Lipinski definition) is 7. The number of amides is 5. The lowest BCUT2D eigenvalue weighted by molar-refractivity contribution is -0.136. The van der Waals surface area contributed by atoms with Gasteiger partial charge in [0, 0.05) is 31.2 Å². The van der Waals surface area contributed by atoms with E-state index >= 15 is 0 Å². The molecule has 1 spiro atoms. The molecule has 4 aliphatic rings. The van der Waals surface area contributed by atoms with E-state index in [2.05, 4.69) is 10.6 Å². The lowest BCUT2D eigenvalue weighted by Gasteiger charge is -2.52.